The smallest absolute Gasteiger partial charge is 0.271 e. The average Bonchev–Trinajstić information content (AvgIpc) is 2.73. The number of likely N-dealkylation sites (tertiary alicyclic amines) is 1. The molecule has 1 amide bonds. The molecule has 1 aliphatic rings. The molecule has 0 spiro atoms. The van der Waals surface area contributed by atoms with Crippen LogP contribution >= 0.6 is 0 Å². The molecule has 1 aliphatic heterocycles. The van der Waals surface area contributed by atoms with E-state index in [9.17, 15) is 23.3 Å². The molecule has 0 saturated carbocycles. The van der Waals surface area contributed by atoms with Gasteiger partial charge in [0.1, 0.15) is 6.54 Å². The first-order valence-corrected chi connectivity index (χ1v) is 10.8. The molecule has 154 valence electrons. The molecular formula is C20H23N3O5S. The number of amides is 1. The van der Waals surface area contributed by atoms with E-state index in [-0.39, 0.29) is 22.2 Å². The van der Waals surface area contributed by atoms with Gasteiger partial charge in [0.25, 0.3) is 15.7 Å². The van der Waals surface area contributed by atoms with E-state index in [2.05, 4.69) is 6.92 Å². The minimum atomic E-state index is -4.08. The Balaban J connectivity index is 1.97. The van der Waals surface area contributed by atoms with Crippen molar-refractivity contribution < 1.29 is 18.1 Å². The van der Waals surface area contributed by atoms with Crippen molar-refractivity contribution in [3.8, 4) is 0 Å². The summed E-state index contributed by atoms with van der Waals surface area (Å²) < 4.78 is 27.5. The molecule has 0 aromatic heterocycles. The first-order valence-electron chi connectivity index (χ1n) is 9.39. The van der Waals surface area contributed by atoms with Crippen molar-refractivity contribution in [3.63, 3.8) is 0 Å². The largest absolute Gasteiger partial charge is 0.341 e. The Morgan fingerprint density at radius 3 is 2.41 bits per heavy atom. The number of nitro groups is 1. The molecule has 29 heavy (non-hydrogen) atoms. The fourth-order valence-corrected chi connectivity index (χ4v) is 4.70. The molecule has 1 saturated heterocycles. The lowest BCUT2D eigenvalue weighted by molar-refractivity contribution is -0.384. The molecule has 0 N–H and O–H groups in total. The Kier molecular flexibility index (Phi) is 6.17. The maximum Gasteiger partial charge on any atom is 0.271 e. The number of carbonyl (C=O) groups excluding carboxylic acids is 1. The highest BCUT2D eigenvalue weighted by molar-refractivity contribution is 7.92. The zero-order valence-corrected chi connectivity index (χ0v) is 16.9. The number of benzene rings is 2. The van der Waals surface area contributed by atoms with Gasteiger partial charge in [0, 0.05) is 25.2 Å². The Morgan fingerprint density at radius 2 is 1.79 bits per heavy atom. The Bertz CT molecular complexity index is 986. The molecule has 2 aromatic carbocycles. The summed E-state index contributed by atoms with van der Waals surface area (Å²) in [5.41, 5.74) is -0.156. The van der Waals surface area contributed by atoms with Gasteiger partial charge < -0.3 is 4.90 Å². The average molecular weight is 417 g/mol. The number of non-ortho nitro benzene ring substituents is 1. The van der Waals surface area contributed by atoms with Crippen molar-refractivity contribution in [1.82, 2.24) is 4.90 Å². The van der Waals surface area contributed by atoms with Gasteiger partial charge in [0.05, 0.1) is 15.5 Å². The van der Waals surface area contributed by atoms with Crippen LogP contribution in [0.15, 0.2) is 59.5 Å². The van der Waals surface area contributed by atoms with E-state index in [0.29, 0.717) is 19.0 Å². The molecule has 3 rings (SSSR count). The van der Waals surface area contributed by atoms with Gasteiger partial charge in [-0.15, -0.1) is 0 Å². The van der Waals surface area contributed by atoms with Crippen LogP contribution in [0.2, 0.25) is 0 Å². The number of nitrogens with zero attached hydrogens (tertiary/aromatic N) is 3. The highest BCUT2D eigenvalue weighted by Gasteiger charge is 2.30. The lowest BCUT2D eigenvalue weighted by Gasteiger charge is -2.32. The molecule has 0 aliphatic carbocycles. The maximum absolute atomic E-state index is 13.3. The van der Waals surface area contributed by atoms with E-state index in [1.807, 2.05) is 0 Å². The van der Waals surface area contributed by atoms with Crippen LogP contribution in [0.25, 0.3) is 0 Å². The zero-order valence-electron chi connectivity index (χ0n) is 16.1. The van der Waals surface area contributed by atoms with Crippen LogP contribution in [0.1, 0.15) is 19.8 Å². The monoisotopic (exact) mass is 417 g/mol. The van der Waals surface area contributed by atoms with Gasteiger partial charge in [-0.25, -0.2) is 8.42 Å². The van der Waals surface area contributed by atoms with Gasteiger partial charge in [0.2, 0.25) is 5.91 Å². The highest BCUT2D eigenvalue weighted by atomic mass is 32.2. The third kappa shape index (κ3) is 4.73. The van der Waals surface area contributed by atoms with Crippen molar-refractivity contribution >= 4 is 27.3 Å². The third-order valence-electron chi connectivity index (χ3n) is 5.07. The lowest BCUT2D eigenvalue weighted by Crippen LogP contribution is -2.45. The summed E-state index contributed by atoms with van der Waals surface area (Å²) in [4.78, 5) is 25.1. The quantitative estimate of drug-likeness (QED) is 0.531. The number of sulfonamides is 1. The topological polar surface area (TPSA) is 101 Å². The number of rotatable bonds is 6. The molecule has 9 heteroatoms. The van der Waals surface area contributed by atoms with E-state index in [0.717, 1.165) is 17.1 Å². The van der Waals surface area contributed by atoms with Gasteiger partial charge in [-0.1, -0.05) is 31.2 Å². The summed E-state index contributed by atoms with van der Waals surface area (Å²) in [6, 6.07) is 13.1. The van der Waals surface area contributed by atoms with E-state index < -0.39 is 21.5 Å². The third-order valence-corrected chi connectivity index (χ3v) is 6.86. The molecule has 0 radical (unpaired) electrons. The predicted molar refractivity (Wildman–Crippen MR) is 109 cm³/mol. The van der Waals surface area contributed by atoms with Crippen LogP contribution in [0.3, 0.4) is 0 Å². The van der Waals surface area contributed by atoms with Crippen molar-refractivity contribution in [2.45, 2.75) is 24.7 Å². The molecule has 1 fully saturated rings. The maximum atomic E-state index is 13.3. The highest BCUT2D eigenvalue weighted by Crippen LogP contribution is 2.27. The van der Waals surface area contributed by atoms with Gasteiger partial charge >= 0.3 is 0 Å². The van der Waals surface area contributed by atoms with E-state index >= 15 is 0 Å². The fraction of sp³-hybridized carbons (Fsp3) is 0.350. The van der Waals surface area contributed by atoms with Crippen molar-refractivity contribution in [3.05, 3.63) is 64.7 Å². The molecule has 2 aromatic rings. The van der Waals surface area contributed by atoms with Gasteiger partial charge in [-0.05, 0) is 37.0 Å². The summed E-state index contributed by atoms with van der Waals surface area (Å²) in [7, 11) is -4.08. The number of hydrogen-bond acceptors (Lipinski definition) is 5. The van der Waals surface area contributed by atoms with Gasteiger partial charge in [-0.2, -0.15) is 0 Å². The second-order valence-corrected chi connectivity index (χ2v) is 9.03. The van der Waals surface area contributed by atoms with Crippen LogP contribution in [0, 0.1) is 16.0 Å². The van der Waals surface area contributed by atoms with Crippen LogP contribution in [0.4, 0.5) is 11.4 Å². The first kappa shape index (κ1) is 20.8. The fourth-order valence-electron chi connectivity index (χ4n) is 3.28. The minimum absolute atomic E-state index is 0.0200. The van der Waals surface area contributed by atoms with Crippen LogP contribution in [-0.2, 0) is 14.8 Å². The summed E-state index contributed by atoms with van der Waals surface area (Å²) in [5, 5.41) is 11.2. The van der Waals surface area contributed by atoms with Crippen LogP contribution in [-0.4, -0.2) is 43.8 Å². The Morgan fingerprint density at radius 1 is 1.14 bits per heavy atom. The van der Waals surface area contributed by atoms with E-state index in [1.54, 1.807) is 23.1 Å². The molecular weight excluding hydrogens is 394 g/mol. The standard InChI is InChI=1S/C20H23N3O5S/c1-16-10-12-21(13-11-16)20(24)15-22(17-6-5-7-18(14-17)23(25)26)29(27,28)19-8-3-2-4-9-19/h2-9,14,16H,10-13,15H2,1H3. The Labute approximate surface area is 169 Å². The lowest BCUT2D eigenvalue weighted by atomic mass is 9.99. The molecule has 8 nitrogen and oxygen atoms in total. The van der Waals surface area contributed by atoms with Crippen molar-refractivity contribution in [1.29, 1.82) is 0 Å². The van der Waals surface area contributed by atoms with Crippen molar-refractivity contribution in [2.75, 3.05) is 23.9 Å². The summed E-state index contributed by atoms with van der Waals surface area (Å²) in [6.45, 7) is 2.87. The summed E-state index contributed by atoms with van der Waals surface area (Å²) >= 11 is 0. The molecule has 0 bridgehead atoms. The minimum Gasteiger partial charge on any atom is -0.341 e. The van der Waals surface area contributed by atoms with E-state index in [1.165, 1.54) is 36.4 Å². The predicted octanol–water partition coefficient (Wildman–Crippen LogP) is 3.05. The first-order chi connectivity index (χ1) is 13.8. The van der Waals surface area contributed by atoms with Crippen LogP contribution < -0.4 is 4.31 Å². The number of hydrogen-bond donors (Lipinski definition) is 0. The van der Waals surface area contributed by atoms with Gasteiger partial charge in [-0.3, -0.25) is 19.2 Å². The SMILES string of the molecule is CC1CCN(C(=O)CN(c2cccc([N+](=O)[O-])c2)S(=O)(=O)c2ccccc2)CC1. The summed E-state index contributed by atoms with van der Waals surface area (Å²) in [6.07, 6.45) is 1.74. The number of carbonyl (C=O) groups is 1. The molecule has 1 heterocycles. The number of piperidine rings is 1. The van der Waals surface area contributed by atoms with Gasteiger partial charge in [0.15, 0.2) is 0 Å². The second-order valence-electron chi connectivity index (χ2n) is 7.17. The Hall–Kier alpha value is -2.94. The van der Waals surface area contributed by atoms with E-state index in [4.69, 9.17) is 0 Å². The normalized spacial score (nSPS) is 15.1. The van der Waals surface area contributed by atoms with Crippen LogP contribution in [0.5, 0.6) is 0 Å². The molecule has 0 atom stereocenters. The zero-order chi connectivity index (χ0) is 21.0. The van der Waals surface area contributed by atoms with Crippen molar-refractivity contribution in [2.24, 2.45) is 5.92 Å². The number of anilines is 1. The molecule has 0 unspecified atom stereocenters. The second kappa shape index (κ2) is 8.60. The summed E-state index contributed by atoms with van der Waals surface area (Å²) in [5.74, 6) is 0.211. The number of nitro benzene ring substituents is 1.